The van der Waals surface area contributed by atoms with Crippen LogP contribution in [0.5, 0.6) is 0 Å². The van der Waals surface area contributed by atoms with Gasteiger partial charge in [-0.25, -0.2) is 14.6 Å². The van der Waals surface area contributed by atoms with Gasteiger partial charge in [0.25, 0.3) is 0 Å². The van der Waals surface area contributed by atoms with Gasteiger partial charge in [0.05, 0.1) is 17.6 Å². The summed E-state index contributed by atoms with van der Waals surface area (Å²) in [6, 6.07) is 11.5. The lowest BCUT2D eigenvalue weighted by atomic mass is 10.2. The number of para-hydroxylation sites is 1. The van der Waals surface area contributed by atoms with Crippen LogP contribution in [0, 0.1) is 0 Å². The molecule has 2 aromatic heterocycles. The van der Waals surface area contributed by atoms with E-state index < -0.39 is 0 Å². The van der Waals surface area contributed by atoms with Gasteiger partial charge in [-0.15, -0.1) is 0 Å². The highest BCUT2D eigenvalue weighted by atomic mass is 35.5. The fraction of sp³-hybridized carbons (Fsp3) is 0. The minimum atomic E-state index is 0.120. The topological polar surface area (TPSA) is 43.6 Å². The van der Waals surface area contributed by atoms with Crippen LogP contribution in [0.25, 0.3) is 16.9 Å². The zero-order valence-electron chi connectivity index (χ0n) is 9.66. The number of halogens is 2. The first-order valence-electron chi connectivity index (χ1n) is 5.53. The first kappa shape index (κ1) is 12.1. The maximum Gasteiger partial charge on any atom is 0.224 e. The average Bonchev–Trinajstić information content (AvgIpc) is 2.88. The van der Waals surface area contributed by atoms with E-state index >= 15 is 0 Å². The van der Waals surface area contributed by atoms with E-state index in [0.29, 0.717) is 10.8 Å². The molecule has 4 nitrogen and oxygen atoms in total. The van der Waals surface area contributed by atoms with Crippen LogP contribution in [-0.2, 0) is 0 Å². The Balaban J connectivity index is 2.02. The molecule has 0 amide bonds. The highest BCUT2D eigenvalue weighted by molar-refractivity contribution is 6.32. The maximum absolute atomic E-state index is 5.86. The molecular weight excluding hydrogens is 283 g/mol. The molecule has 3 rings (SSSR count). The first-order valence-corrected chi connectivity index (χ1v) is 6.28. The van der Waals surface area contributed by atoms with Crippen molar-refractivity contribution in [2.45, 2.75) is 0 Å². The van der Waals surface area contributed by atoms with Gasteiger partial charge < -0.3 is 0 Å². The molecule has 0 saturated heterocycles. The Labute approximate surface area is 119 Å². The second-order valence-corrected chi connectivity index (χ2v) is 4.58. The summed E-state index contributed by atoms with van der Waals surface area (Å²) in [7, 11) is 0. The van der Waals surface area contributed by atoms with E-state index in [1.54, 1.807) is 16.9 Å². The van der Waals surface area contributed by atoms with Crippen LogP contribution in [0.15, 0.2) is 48.8 Å². The molecule has 2 heterocycles. The van der Waals surface area contributed by atoms with Crippen LogP contribution in [0.3, 0.4) is 0 Å². The van der Waals surface area contributed by atoms with Gasteiger partial charge in [0.2, 0.25) is 5.28 Å². The summed E-state index contributed by atoms with van der Waals surface area (Å²) >= 11 is 11.7. The van der Waals surface area contributed by atoms with Crippen LogP contribution < -0.4 is 0 Å². The minimum Gasteiger partial charge on any atom is -0.240 e. The molecule has 6 heteroatoms. The van der Waals surface area contributed by atoms with Gasteiger partial charge in [-0.1, -0.05) is 29.8 Å². The van der Waals surface area contributed by atoms with Gasteiger partial charge in [0, 0.05) is 17.8 Å². The van der Waals surface area contributed by atoms with E-state index in [1.807, 2.05) is 36.5 Å². The smallest absolute Gasteiger partial charge is 0.224 e. The Hall–Kier alpha value is -1.91. The van der Waals surface area contributed by atoms with Gasteiger partial charge in [-0.2, -0.15) is 5.10 Å². The van der Waals surface area contributed by atoms with Gasteiger partial charge in [0.15, 0.2) is 0 Å². The Morgan fingerprint density at radius 2 is 1.79 bits per heavy atom. The summed E-state index contributed by atoms with van der Waals surface area (Å²) in [5, 5.41) is 4.72. The van der Waals surface area contributed by atoms with E-state index in [0.717, 1.165) is 11.3 Å². The van der Waals surface area contributed by atoms with Gasteiger partial charge in [0.1, 0.15) is 5.15 Å². The molecular formula is C13H8Cl2N4. The van der Waals surface area contributed by atoms with Gasteiger partial charge in [-0.3, -0.25) is 0 Å². The molecule has 0 saturated carbocycles. The van der Waals surface area contributed by atoms with Crippen molar-refractivity contribution in [3.63, 3.8) is 0 Å². The van der Waals surface area contributed by atoms with Crippen molar-refractivity contribution < 1.29 is 0 Å². The lowest BCUT2D eigenvalue weighted by molar-refractivity contribution is 0.880. The Morgan fingerprint density at radius 3 is 2.53 bits per heavy atom. The maximum atomic E-state index is 5.86. The van der Waals surface area contributed by atoms with Gasteiger partial charge >= 0.3 is 0 Å². The monoisotopic (exact) mass is 290 g/mol. The predicted molar refractivity (Wildman–Crippen MR) is 74.6 cm³/mol. The van der Waals surface area contributed by atoms with Gasteiger partial charge in [-0.05, 0) is 23.7 Å². The summed E-state index contributed by atoms with van der Waals surface area (Å²) < 4.78 is 1.76. The lowest BCUT2D eigenvalue weighted by Crippen LogP contribution is -1.92. The zero-order valence-corrected chi connectivity index (χ0v) is 11.2. The molecule has 0 radical (unpaired) electrons. The van der Waals surface area contributed by atoms with Crippen LogP contribution in [0.1, 0.15) is 0 Å². The average molecular weight is 291 g/mol. The van der Waals surface area contributed by atoms with Crippen LogP contribution in [0.4, 0.5) is 0 Å². The third-order valence-electron chi connectivity index (χ3n) is 2.57. The molecule has 3 aromatic rings. The fourth-order valence-corrected chi connectivity index (χ4v) is 2.12. The molecule has 0 aliphatic heterocycles. The number of hydrogen-bond acceptors (Lipinski definition) is 3. The summed E-state index contributed by atoms with van der Waals surface area (Å²) in [4.78, 5) is 7.95. The highest BCUT2D eigenvalue weighted by Crippen LogP contribution is 2.22. The Kier molecular flexibility index (Phi) is 3.19. The summed E-state index contributed by atoms with van der Waals surface area (Å²) in [6.07, 6.45) is 3.58. The van der Waals surface area contributed by atoms with Crippen molar-refractivity contribution in [2.24, 2.45) is 0 Å². The van der Waals surface area contributed by atoms with Crippen molar-refractivity contribution in [1.29, 1.82) is 0 Å². The first-order chi connectivity index (χ1) is 9.22. The van der Waals surface area contributed by atoms with Crippen LogP contribution >= 0.6 is 23.2 Å². The van der Waals surface area contributed by atoms with Crippen molar-refractivity contribution in [1.82, 2.24) is 19.7 Å². The Morgan fingerprint density at radius 1 is 1.00 bits per heavy atom. The second kappa shape index (κ2) is 4.99. The van der Waals surface area contributed by atoms with E-state index in [4.69, 9.17) is 23.2 Å². The molecule has 1 aromatic carbocycles. The van der Waals surface area contributed by atoms with Crippen molar-refractivity contribution in [3.05, 3.63) is 59.2 Å². The summed E-state index contributed by atoms with van der Waals surface area (Å²) in [5.41, 5.74) is 2.45. The number of nitrogens with zero attached hydrogens (tertiary/aromatic N) is 4. The molecule has 94 valence electrons. The second-order valence-electron chi connectivity index (χ2n) is 3.85. The van der Waals surface area contributed by atoms with E-state index in [1.165, 1.54) is 0 Å². The number of rotatable bonds is 2. The molecule has 0 unspecified atom stereocenters. The van der Waals surface area contributed by atoms with Crippen molar-refractivity contribution in [2.75, 3.05) is 0 Å². The largest absolute Gasteiger partial charge is 0.240 e. The fourth-order valence-electron chi connectivity index (χ4n) is 1.71. The molecule has 0 atom stereocenters. The molecule has 0 aliphatic carbocycles. The zero-order chi connectivity index (χ0) is 13.2. The van der Waals surface area contributed by atoms with Crippen molar-refractivity contribution >= 4 is 23.2 Å². The predicted octanol–water partition coefficient (Wildman–Crippen LogP) is 3.64. The van der Waals surface area contributed by atoms with Crippen LogP contribution in [0.2, 0.25) is 10.4 Å². The number of benzene rings is 1. The molecule has 0 fully saturated rings. The van der Waals surface area contributed by atoms with Crippen LogP contribution in [-0.4, -0.2) is 19.7 Å². The SMILES string of the molecule is Clc1cc(-c2cnn(-c3ccccc3)c2)nc(Cl)n1. The number of hydrogen-bond donors (Lipinski definition) is 0. The minimum absolute atomic E-state index is 0.120. The molecule has 0 bridgehead atoms. The number of aromatic nitrogens is 4. The summed E-state index contributed by atoms with van der Waals surface area (Å²) in [6.45, 7) is 0. The third kappa shape index (κ3) is 2.59. The molecule has 0 N–H and O–H groups in total. The standard InChI is InChI=1S/C13H8Cl2N4/c14-12-6-11(17-13(15)18-12)9-7-16-19(8-9)10-4-2-1-3-5-10/h1-8H. The molecule has 19 heavy (non-hydrogen) atoms. The van der Waals surface area contributed by atoms with Crippen molar-refractivity contribution in [3.8, 4) is 16.9 Å². The quantitative estimate of drug-likeness (QED) is 0.535. The molecule has 0 spiro atoms. The van der Waals surface area contributed by atoms with E-state index in [2.05, 4.69) is 15.1 Å². The third-order valence-corrected chi connectivity index (χ3v) is 2.93. The summed E-state index contributed by atoms with van der Waals surface area (Å²) in [5.74, 6) is 0. The van der Waals surface area contributed by atoms with E-state index in [-0.39, 0.29) is 5.28 Å². The Bertz CT molecular complexity index is 689. The molecule has 0 aliphatic rings. The normalized spacial score (nSPS) is 10.6. The lowest BCUT2D eigenvalue weighted by Gasteiger charge is -2.00. The van der Waals surface area contributed by atoms with E-state index in [9.17, 15) is 0 Å². The highest BCUT2D eigenvalue weighted by Gasteiger charge is 2.07.